The van der Waals surface area contributed by atoms with E-state index in [0.29, 0.717) is 23.0 Å². The van der Waals surface area contributed by atoms with Gasteiger partial charge in [-0.2, -0.15) is 0 Å². The topological polar surface area (TPSA) is 9.23 Å². The first kappa shape index (κ1) is 11.1. The van der Waals surface area contributed by atoms with Crippen LogP contribution in [-0.2, 0) is 4.74 Å². The van der Waals surface area contributed by atoms with Gasteiger partial charge in [0.2, 0.25) is 0 Å². The molecule has 3 aliphatic carbocycles. The maximum atomic E-state index is 6.44. The van der Waals surface area contributed by atoms with Crippen molar-refractivity contribution >= 4 is 0 Å². The minimum absolute atomic E-state index is 0.459. The summed E-state index contributed by atoms with van der Waals surface area (Å²) in [6.45, 7) is 7.44. The van der Waals surface area contributed by atoms with Crippen LogP contribution in [0.2, 0.25) is 0 Å². The quantitative estimate of drug-likeness (QED) is 0.681. The first-order valence-electron chi connectivity index (χ1n) is 7.19. The Balaban J connectivity index is 1.74. The molecule has 0 aromatic heterocycles. The van der Waals surface area contributed by atoms with Gasteiger partial charge in [-0.1, -0.05) is 33.6 Å². The lowest BCUT2D eigenvalue weighted by molar-refractivity contribution is -0.0835. The number of fused-ring (bicyclic) bond motifs is 2. The molecule has 0 radical (unpaired) electrons. The highest BCUT2D eigenvalue weighted by Gasteiger charge is 2.62. The molecule has 3 fully saturated rings. The third-order valence-corrected chi connectivity index (χ3v) is 6.37. The van der Waals surface area contributed by atoms with Crippen LogP contribution in [-0.4, -0.2) is 12.2 Å². The standard InChI is InChI=1S/C15H26O/c1-14(2)11-8-9-15(14,3)13(10-11)16-12-6-4-5-7-12/h11-13H,4-10H2,1-3H3. The number of hydrogen-bond donors (Lipinski definition) is 0. The molecule has 2 bridgehead atoms. The van der Waals surface area contributed by atoms with Crippen LogP contribution in [0.5, 0.6) is 0 Å². The fourth-order valence-electron chi connectivity index (χ4n) is 4.59. The summed E-state index contributed by atoms with van der Waals surface area (Å²) in [6.07, 6.45) is 10.7. The summed E-state index contributed by atoms with van der Waals surface area (Å²) < 4.78 is 6.44. The average Bonchev–Trinajstić information content (AvgIpc) is 2.84. The first-order valence-corrected chi connectivity index (χ1v) is 7.19. The fourth-order valence-corrected chi connectivity index (χ4v) is 4.59. The van der Waals surface area contributed by atoms with Gasteiger partial charge >= 0.3 is 0 Å². The predicted octanol–water partition coefficient (Wildman–Crippen LogP) is 4.16. The minimum atomic E-state index is 0.459. The maximum absolute atomic E-state index is 6.44. The summed E-state index contributed by atoms with van der Waals surface area (Å²) in [6, 6.07) is 0. The van der Waals surface area contributed by atoms with Crippen molar-refractivity contribution in [1.29, 1.82) is 0 Å². The molecule has 1 nitrogen and oxygen atoms in total. The second-order valence-electron chi connectivity index (χ2n) is 7.14. The maximum Gasteiger partial charge on any atom is 0.0640 e. The monoisotopic (exact) mass is 222 g/mol. The van der Waals surface area contributed by atoms with E-state index < -0.39 is 0 Å². The van der Waals surface area contributed by atoms with Gasteiger partial charge in [0.25, 0.3) is 0 Å². The normalized spacial score (nSPS) is 46.7. The summed E-state index contributed by atoms with van der Waals surface area (Å²) in [5.41, 5.74) is 0.969. The lowest BCUT2D eigenvalue weighted by Gasteiger charge is -2.40. The summed E-state index contributed by atoms with van der Waals surface area (Å²) in [4.78, 5) is 0. The molecule has 3 atom stereocenters. The highest BCUT2D eigenvalue weighted by atomic mass is 16.5. The molecular formula is C15H26O. The van der Waals surface area contributed by atoms with E-state index in [1.807, 2.05) is 0 Å². The van der Waals surface area contributed by atoms with Crippen LogP contribution in [0.1, 0.15) is 65.7 Å². The Morgan fingerprint density at radius 3 is 2.19 bits per heavy atom. The zero-order valence-corrected chi connectivity index (χ0v) is 11.1. The minimum Gasteiger partial charge on any atom is -0.374 e. The number of ether oxygens (including phenoxy) is 1. The lowest BCUT2D eigenvalue weighted by Crippen LogP contribution is -2.38. The highest BCUT2D eigenvalue weighted by molar-refractivity contribution is 5.11. The number of rotatable bonds is 2. The molecule has 0 amide bonds. The predicted molar refractivity (Wildman–Crippen MR) is 66.4 cm³/mol. The van der Waals surface area contributed by atoms with Crippen LogP contribution in [0, 0.1) is 16.7 Å². The van der Waals surface area contributed by atoms with E-state index in [1.54, 1.807) is 0 Å². The molecule has 92 valence electrons. The van der Waals surface area contributed by atoms with Crippen LogP contribution in [0.15, 0.2) is 0 Å². The molecule has 1 heteroatoms. The highest BCUT2D eigenvalue weighted by Crippen LogP contribution is 2.66. The Bertz CT molecular complexity index is 277. The smallest absolute Gasteiger partial charge is 0.0640 e. The molecule has 3 aliphatic rings. The van der Waals surface area contributed by atoms with Gasteiger partial charge in [-0.15, -0.1) is 0 Å². The molecular weight excluding hydrogens is 196 g/mol. The molecule has 0 aliphatic heterocycles. The van der Waals surface area contributed by atoms with Crippen molar-refractivity contribution in [3.05, 3.63) is 0 Å². The second-order valence-corrected chi connectivity index (χ2v) is 7.14. The summed E-state index contributed by atoms with van der Waals surface area (Å²) in [5.74, 6) is 0.920. The first-order chi connectivity index (χ1) is 7.54. The van der Waals surface area contributed by atoms with Crippen LogP contribution >= 0.6 is 0 Å². The Morgan fingerprint density at radius 2 is 1.69 bits per heavy atom. The van der Waals surface area contributed by atoms with E-state index in [2.05, 4.69) is 20.8 Å². The van der Waals surface area contributed by atoms with Gasteiger partial charge in [0.05, 0.1) is 12.2 Å². The molecule has 3 rings (SSSR count). The van der Waals surface area contributed by atoms with Gasteiger partial charge in [0.1, 0.15) is 0 Å². The number of hydrogen-bond acceptors (Lipinski definition) is 1. The molecule has 3 saturated carbocycles. The molecule has 0 heterocycles. The molecule has 0 aromatic carbocycles. The van der Waals surface area contributed by atoms with Gasteiger partial charge in [0.15, 0.2) is 0 Å². The van der Waals surface area contributed by atoms with E-state index in [1.165, 1.54) is 44.9 Å². The summed E-state index contributed by atoms with van der Waals surface area (Å²) >= 11 is 0. The Hall–Kier alpha value is -0.0400. The van der Waals surface area contributed by atoms with Crippen molar-refractivity contribution in [1.82, 2.24) is 0 Å². The average molecular weight is 222 g/mol. The Kier molecular flexibility index (Phi) is 2.41. The molecule has 3 unspecified atom stereocenters. The van der Waals surface area contributed by atoms with Crippen LogP contribution in [0.25, 0.3) is 0 Å². The van der Waals surface area contributed by atoms with Crippen LogP contribution < -0.4 is 0 Å². The largest absolute Gasteiger partial charge is 0.374 e. The SMILES string of the molecule is CC1(C)C2CCC1(C)C(OC1CCCC1)C2. The zero-order chi connectivity index (χ0) is 11.4. The third-order valence-electron chi connectivity index (χ3n) is 6.37. The van der Waals surface area contributed by atoms with E-state index >= 15 is 0 Å². The van der Waals surface area contributed by atoms with E-state index in [4.69, 9.17) is 4.74 Å². The summed E-state index contributed by atoms with van der Waals surface area (Å²) in [7, 11) is 0. The summed E-state index contributed by atoms with van der Waals surface area (Å²) in [5, 5.41) is 0. The molecule has 16 heavy (non-hydrogen) atoms. The van der Waals surface area contributed by atoms with Crippen molar-refractivity contribution in [2.45, 2.75) is 77.9 Å². The molecule has 0 aromatic rings. The Labute approximate surface area is 99.9 Å². The van der Waals surface area contributed by atoms with Crippen molar-refractivity contribution in [2.24, 2.45) is 16.7 Å². The van der Waals surface area contributed by atoms with E-state index in [-0.39, 0.29) is 0 Å². The van der Waals surface area contributed by atoms with Crippen LogP contribution in [0.4, 0.5) is 0 Å². The fraction of sp³-hybridized carbons (Fsp3) is 1.00. The lowest BCUT2D eigenvalue weighted by atomic mass is 9.70. The molecule has 0 spiro atoms. The molecule has 0 N–H and O–H groups in total. The van der Waals surface area contributed by atoms with E-state index in [9.17, 15) is 0 Å². The van der Waals surface area contributed by atoms with Crippen molar-refractivity contribution in [3.8, 4) is 0 Å². The van der Waals surface area contributed by atoms with Crippen molar-refractivity contribution in [3.63, 3.8) is 0 Å². The van der Waals surface area contributed by atoms with Crippen molar-refractivity contribution < 1.29 is 4.74 Å². The Morgan fingerprint density at radius 1 is 1.00 bits per heavy atom. The van der Waals surface area contributed by atoms with Gasteiger partial charge in [-0.3, -0.25) is 0 Å². The third kappa shape index (κ3) is 1.33. The van der Waals surface area contributed by atoms with Gasteiger partial charge in [-0.25, -0.2) is 0 Å². The van der Waals surface area contributed by atoms with E-state index in [0.717, 1.165) is 5.92 Å². The van der Waals surface area contributed by atoms with Gasteiger partial charge in [-0.05, 0) is 48.9 Å². The van der Waals surface area contributed by atoms with Gasteiger partial charge < -0.3 is 4.74 Å². The zero-order valence-electron chi connectivity index (χ0n) is 11.1. The van der Waals surface area contributed by atoms with Gasteiger partial charge in [0, 0.05) is 0 Å². The second kappa shape index (κ2) is 3.48. The van der Waals surface area contributed by atoms with Crippen molar-refractivity contribution in [2.75, 3.05) is 0 Å². The van der Waals surface area contributed by atoms with Crippen LogP contribution in [0.3, 0.4) is 0 Å². The molecule has 0 saturated heterocycles.